The summed E-state index contributed by atoms with van der Waals surface area (Å²) in [6.45, 7) is 6.39. The molecule has 156 valence electrons. The molecule has 0 N–H and O–H groups in total. The second-order valence-corrected chi connectivity index (χ2v) is 7.56. The summed E-state index contributed by atoms with van der Waals surface area (Å²) in [5, 5.41) is 8.51. The molecule has 0 bridgehead atoms. The van der Waals surface area contributed by atoms with Crippen LogP contribution >= 0.6 is 0 Å². The fraction of sp³-hybridized carbons (Fsp3) is 0.381. The van der Waals surface area contributed by atoms with Gasteiger partial charge < -0.3 is 14.2 Å². The van der Waals surface area contributed by atoms with Gasteiger partial charge in [0, 0.05) is 32.2 Å². The van der Waals surface area contributed by atoms with Crippen molar-refractivity contribution < 1.29 is 9.21 Å². The SMILES string of the molecule is CC(C)c1cc(=O)n(CC(=O)N2CCN(c3ccc(-c4ccco4)nn3)CC2)cn1. The van der Waals surface area contributed by atoms with Crippen LogP contribution in [0.25, 0.3) is 11.5 Å². The van der Waals surface area contributed by atoms with Crippen LogP contribution < -0.4 is 10.5 Å². The maximum absolute atomic E-state index is 12.6. The first kappa shape index (κ1) is 19.8. The summed E-state index contributed by atoms with van der Waals surface area (Å²) in [7, 11) is 0. The quantitative estimate of drug-likeness (QED) is 0.635. The van der Waals surface area contributed by atoms with Gasteiger partial charge in [-0.2, -0.15) is 0 Å². The van der Waals surface area contributed by atoms with E-state index < -0.39 is 0 Å². The lowest BCUT2D eigenvalue weighted by Crippen LogP contribution is -2.50. The number of nitrogens with zero attached hydrogens (tertiary/aromatic N) is 6. The summed E-state index contributed by atoms with van der Waals surface area (Å²) < 4.78 is 6.69. The van der Waals surface area contributed by atoms with Gasteiger partial charge in [0.15, 0.2) is 11.6 Å². The monoisotopic (exact) mass is 408 g/mol. The third-order valence-electron chi connectivity index (χ3n) is 5.18. The molecule has 1 amide bonds. The van der Waals surface area contributed by atoms with Crippen molar-refractivity contribution in [2.45, 2.75) is 26.3 Å². The number of rotatable bonds is 5. The first-order valence-electron chi connectivity index (χ1n) is 9.98. The largest absolute Gasteiger partial charge is 0.463 e. The van der Waals surface area contributed by atoms with Gasteiger partial charge in [-0.05, 0) is 30.2 Å². The van der Waals surface area contributed by atoms with Gasteiger partial charge in [0.25, 0.3) is 5.56 Å². The molecule has 0 aliphatic carbocycles. The Kier molecular flexibility index (Phi) is 5.60. The molecule has 9 nitrogen and oxygen atoms in total. The van der Waals surface area contributed by atoms with Crippen molar-refractivity contribution in [1.29, 1.82) is 0 Å². The van der Waals surface area contributed by atoms with Crippen LogP contribution in [0.3, 0.4) is 0 Å². The zero-order chi connectivity index (χ0) is 21.1. The first-order chi connectivity index (χ1) is 14.5. The summed E-state index contributed by atoms with van der Waals surface area (Å²) in [4.78, 5) is 33.0. The number of anilines is 1. The van der Waals surface area contributed by atoms with Crippen LogP contribution in [0.2, 0.25) is 0 Å². The third kappa shape index (κ3) is 4.24. The van der Waals surface area contributed by atoms with E-state index in [9.17, 15) is 9.59 Å². The smallest absolute Gasteiger partial charge is 0.254 e. The molecule has 1 fully saturated rings. The van der Waals surface area contributed by atoms with E-state index in [0.29, 0.717) is 37.6 Å². The Bertz CT molecular complexity index is 1050. The lowest BCUT2D eigenvalue weighted by Gasteiger charge is -2.35. The average molecular weight is 408 g/mol. The van der Waals surface area contributed by atoms with Crippen molar-refractivity contribution in [1.82, 2.24) is 24.6 Å². The van der Waals surface area contributed by atoms with Gasteiger partial charge in [-0.25, -0.2) is 4.98 Å². The molecule has 0 aromatic carbocycles. The van der Waals surface area contributed by atoms with E-state index in [1.54, 1.807) is 11.2 Å². The fourth-order valence-corrected chi connectivity index (χ4v) is 3.35. The van der Waals surface area contributed by atoms with Crippen LogP contribution in [-0.2, 0) is 11.3 Å². The van der Waals surface area contributed by atoms with Gasteiger partial charge in [0.2, 0.25) is 5.91 Å². The molecule has 9 heteroatoms. The van der Waals surface area contributed by atoms with E-state index in [4.69, 9.17) is 4.42 Å². The minimum atomic E-state index is -0.201. The molecule has 1 aliphatic heterocycles. The lowest BCUT2D eigenvalue weighted by atomic mass is 10.1. The molecule has 0 atom stereocenters. The zero-order valence-electron chi connectivity index (χ0n) is 17.1. The van der Waals surface area contributed by atoms with Crippen molar-refractivity contribution >= 4 is 11.7 Å². The number of carbonyl (C=O) groups excluding carboxylic acids is 1. The van der Waals surface area contributed by atoms with Crippen molar-refractivity contribution in [2.75, 3.05) is 31.1 Å². The van der Waals surface area contributed by atoms with Crippen LogP contribution in [0.4, 0.5) is 5.82 Å². The van der Waals surface area contributed by atoms with E-state index in [-0.39, 0.29) is 23.9 Å². The Morgan fingerprint density at radius 2 is 1.93 bits per heavy atom. The average Bonchev–Trinajstić information content (AvgIpc) is 3.30. The number of hydrogen-bond acceptors (Lipinski definition) is 7. The summed E-state index contributed by atoms with van der Waals surface area (Å²) in [6.07, 6.45) is 3.06. The summed E-state index contributed by atoms with van der Waals surface area (Å²) in [5.74, 6) is 1.53. The molecule has 1 aliphatic rings. The topological polar surface area (TPSA) is 97.4 Å². The number of amides is 1. The molecule has 0 unspecified atom stereocenters. The standard InChI is InChI=1S/C21H24N6O3/c1-15(2)17-12-20(28)27(14-22-17)13-21(29)26-9-7-25(8-10-26)19-6-5-16(23-24-19)18-4-3-11-30-18/h3-6,11-12,14-15H,7-10,13H2,1-2H3. The Morgan fingerprint density at radius 1 is 1.13 bits per heavy atom. The molecule has 3 aromatic rings. The Hall–Kier alpha value is -3.49. The van der Waals surface area contributed by atoms with Gasteiger partial charge in [-0.3, -0.25) is 14.2 Å². The predicted octanol–water partition coefficient (Wildman–Crippen LogP) is 1.77. The number of furan rings is 1. The van der Waals surface area contributed by atoms with Crippen LogP contribution in [-0.4, -0.2) is 56.7 Å². The number of hydrogen-bond donors (Lipinski definition) is 0. The molecule has 1 saturated heterocycles. The Balaban J connectivity index is 1.34. The van der Waals surface area contributed by atoms with E-state index in [2.05, 4.69) is 20.1 Å². The molecule has 30 heavy (non-hydrogen) atoms. The van der Waals surface area contributed by atoms with Crippen molar-refractivity contribution in [3.05, 3.63) is 59.0 Å². The van der Waals surface area contributed by atoms with Crippen molar-refractivity contribution in [2.24, 2.45) is 0 Å². The van der Waals surface area contributed by atoms with Gasteiger partial charge >= 0.3 is 0 Å². The van der Waals surface area contributed by atoms with Gasteiger partial charge in [-0.1, -0.05) is 13.8 Å². The second kappa shape index (κ2) is 8.48. The van der Waals surface area contributed by atoms with Crippen LogP contribution in [0.1, 0.15) is 25.5 Å². The van der Waals surface area contributed by atoms with E-state index in [1.807, 2.05) is 38.1 Å². The first-order valence-corrected chi connectivity index (χ1v) is 9.98. The van der Waals surface area contributed by atoms with Crippen molar-refractivity contribution in [3.63, 3.8) is 0 Å². The molecule has 3 aromatic heterocycles. The maximum atomic E-state index is 12.6. The molecule has 4 heterocycles. The predicted molar refractivity (Wildman–Crippen MR) is 111 cm³/mol. The summed E-state index contributed by atoms with van der Waals surface area (Å²) >= 11 is 0. The summed E-state index contributed by atoms with van der Waals surface area (Å²) in [5.41, 5.74) is 1.21. The van der Waals surface area contributed by atoms with E-state index in [1.165, 1.54) is 17.0 Å². The summed E-state index contributed by atoms with van der Waals surface area (Å²) in [6, 6.07) is 8.93. The zero-order valence-corrected chi connectivity index (χ0v) is 17.1. The fourth-order valence-electron chi connectivity index (χ4n) is 3.35. The highest BCUT2D eigenvalue weighted by Gasteiger charge is 2.23. The normalized spacial score (nSPS) is 14.4. The molecule has 0 saturated carbocycles. The lowest BCUT2D eigenvalue weighted by molar-refractivity contribution is -0.132. The second-order valence-electron chi connectivity index (χ2n) is 7.56. The highest BCUT2D eigenvalue weighted by molar-refractivity contribution is 5.76. The molecular weight excluding hydrogens is 384 g/mol. The van der Waals surface area contributed by atoms with Crippen LogP contribution in [0, 0.1) is 0 Å². The highest BCUT2D eigenvalue weighted by Crippen LogP contribution is 2.19. The highest BCUT2D eigenvalue weighted by atomic mass is 16.3. The number of carbonyl (C=O) groups is 1. The van der Waals surface area contributed by atoms with Crippen molar-refractivity contribution in [3.8, 4) is 11.5 Å². The molecule has 4 rings (SSSR count). The minimum absolute atomic E-state index is 0.00184. The van der Waals surface area contributed by atoms with Gasteiger partial charge in [-0.15, -0.1) is 10.2 Å². The Labute approximate surface area is 174 Å². The molecule has 0 radical (unpaired) electrons. The number of piperazine rings is 1. The van der Waals surface area contributed by atoms with Gasteiger partial charge in [0.05, 0.1) is 18.3 Å². The molecule has 0 spiro atoms. The van der Waals surface area contributed by atoms with Crippen LogP contribution in [0.15, 0.2) is 52.1 Å². The number of aromatic nitrogens is 4. The Morgan fingerprint density at radius 3 is 2.53 bits per heavy atom. The minimum Gasteiger partial charge on any atom is -0.463 e. The third-order valence-corrected chi connectivity index (χ3v) is 5.18. The molecular formula is C21H24N6O3. The maximum Gasteiger partial charge on any atom is 0.254 e. The van der Waals surface area contributed by atoms with Crippen LogP contribution in [0.5, 0.6) is 0 Å². The van der Waals surface area contributed by atoms with E-state index in [0.717, 1.165) is 11.5 Å². The van der Waals surface area contributed by atoms with Gasteiger partial charge in [0.1, 0.15) is 12.2 Å². The van der Waals surface area contributed by atoms with E-state index >= 15 is 0 Å².